The van der Waals surface area contributed by atoms with Crippen LogP contribution in [0.3, 0.4) is 0 Å². The average molecular weight is 490 g/mol. The number of hydrogen-bond donors (Lipinski definition) is 0. The van der Waals surface area contributed by atoms with Gasteiger partial charge in [-0.1, -0.05) is 29.5 Å². The molecule has 6 heteroatoms. The first kappa shape index (κ1) is 19.4. The van der Waals surface area contributed by atoms with E-state index in [1.54, 1.807) is 31.4 Å². The van der Waals surface area contributed by atoms with Gasteiger partial charge in [-0.15, -0.1) is 0 Å². The summed E-state index contributed by atoms with van der Waals surface area (Å²) in [6.45, 7) is 0. The second-order valence-electron chi connectivity index (χ2n) is 5.80. The SMILES string of the molecule is COc1ccc(/C=C/C(=O)CC(=O)c2cc3cc(I)ccc3sc2=O)cc1. The zero-order valence-electron chi connectivity index (χ0n) is 14.4. The molecular formula is C21H15IO4S. The van der Waals surface area contributed by atoms with E-state index < -0.39 is 5.78 Å². The van der Waals surface area contributed by atoms with Crippen molar-refractivity contribution in [2.75, 3.05) is 7.11 Å². The van der Waals surface area contributed by atoms with Gasteiger partial charge in [0.25, 0.3) is 0 Å². The number of Topliss-reactive ketones (excluding diaryl/α,β-unsaturated/α-hetero) is 1. The largest absolute Gasteiger partial charge is 0.497 e. The highest BCUT2D eigenvalue weighted by molar-refractivity contribution is 14.1. The Kier molecular flexibility index (Phi) is 6.18. The highest BCUT2D eigenvalue weighted by atomic mass is 127. The van der Waals surface area contributed by atoms with Gasteiger partial charge in [-0.3, -0.25) is 14.4 Å². The summed E-state index contributed by atoms with van der Waals surface area (Å²) in [6, 6.07) is 14.5. The predicted molar refractivity (Wildman–Crippen MR) is 117 cm³/mol. The topological polar surface area (TPSA) is 60.4 Å². The zero-order valence-corrected chi connectivity index (χ0v) is 17.4. The van der Waals surface area contributed by atoms with Gasteiger partial charge >= 0.3 is 0 Å². The smallest absolute Gasteiger partial charge is 0.243 e. The Balaban J connectivity index is 1.75. The van der Waals surface area contributed by atoms with Gasteiger partial charge in [0.2, 0.25) is 4.74 Å². The van der Waals surface area contributed by atoms with Crippen molar-refractivity contribution in [1.29, 1.82) is 0 Å². The van der Waals surface area contributed by atoms with Crippen LogP contribution in [0.2, 0.25) is 0 Å². The Morgan fingerprint density at radius 3 is 2.56 bits per heavy atom. The van der Waals surface area contributed by atoms with Crippen molar-refractivity contribution in [3.8, 4) is 5.75 Å². The van der Waals surface area contributed by atoms with Crippen molar-refractivity contribution in [1.82, 2.24) is 0 Å². The van der Waals surface area contributed by atoms with E-state index >= 15 is 0 Å². The van der Waals surface area contributed by atoms with Crippen LogP contribution in [0.1, 0.15) is 22.3 Å². The lowest BCUT2D eigenvalue weighted by atomic mass is 10.1. The average Bonchev–Trinajstić information content (AvgIpc) is 2.66. The molecule has 1 aromatic heterocycles. The number of ketones is 2. The lowest BCUT2D eigenvalue weighted by molar-refractivity contribution is -0.113. The number of carbonyl (C=O) groups excluding carboxylic acids is 2. The van der Waals surface area contributed by atoms with Crippen LogP contribution in [-0.4, -0.2) is 18.7 Å². The molecule has 27 heavy (non-hydrogen) atoms. The van der Waals surface area contributed by atoms with Crippen molar-refractivity contribution >= 4 is 61.7 Å². The number of methoxy groups -OCH3 is 1. The molecule has 0 unspecified atom stereocenters. The van der Waals surface area contributed by atoms with E-state index in [0.717, 1.165) is 36.3 Å². The molecule has 136 valence electrons. The third-order valence-corrected chi connectivity index (χ3v) is 5.57. The predicted octanol–water partition coefficient (Wildman–Crippen LogP) is 4.73. The molecule has 0 amide bonds. The first-order chi connectivity index (χ1) is 13.0. The molecule has 0 N–H and O–H groups in total. The Hall–Kier alpha value is -2.32. The van der Waals surface area contributed by atoms with Gasteiger partial charge in [0, 0.05) is 8.27 Å². The van der Waals surface area contributed by atoms with Gasteiger partial charge in [-0.05, 0) is 76.0 Å². The number of ether oxygens (including phenoxy) is 1. The minimum absolute atomic E-state index is 0.0701. The summed E-state index contributed by atoms with van der Waals surface area (Å²) in [6.07, 6.45) is 2.67. The van der Waals surface area contributed by atoms with Crippen molar-refractivity contribution in [3.63, 3.8) is 0 Å². The molecule has 0 saturated heterocycles. The minimum Gasteiger partial charge on any atom is -0.497 e. The highest BCUT2D eigenvalue weighted by Gasteiger charge is 2.15. The maximum absolute atomic E-state index is 12.4. The lowest BCUT2D eigenvalue weighted by Gasteiger charge is -2.02. The van der Waals surface area contributed by atoms with Crippen molar-refractivity contribution in [2.24, 2.45) is 0 Å². The summed E-state index contributed by atoms with van der Waals surface area (Å²) in [5.41, 5.74) is 0.893. The van der Waals surface area contributed by atoms with E-state index in [9.17, 15) is 14.4 Å². The van der Waals surface area contributed by atoms with E-state index in [1.807, 2.05) is 30.3 Å². The van der Waals surface area contributed by atoms with Crippen molar-refractivity contribution < 1.29 is 14.3 Å². The van der Waals surface area contributed by atoms with Crippen LogP contribution in [0.15, 0.2) is 59.4 Å². The van der Waals surface area contributed by atoms with E-state index in [2.05, 4.69) is 22.6 Å². The number of allylic oxidation sites excluding steroid dienone is 1. The number of benzene rings is 2. The van der Waals surface area contributed by atoms with Gasteiger partial charge < -0.3 is 4.74 Å². The Labute approximate surface area is 173 Å². The standard InChI is InChI=1S/C21H15IO4S/c1-26-17-7-3-13(4-8-17)2-6-16(23)12-19(24)18-11-14-10-15(22)5-9-20(14)27-21(18)25/h2-11H,12H2,1H3/b6-2+. The molecule has 0 aliphatic rings. The van der Waals surface area contributed by atoms with Crippen LogP contribution in [0.4, 0.5) is 0 Å². The van der Waals surface area contributed by atoms with E-state index in [-0.39, 0.29) is 22.5 Å². The summed E-state index contributed by atoms with van der Waals surface area (Å²) < 4.78 is 6.60. The monoisotopic (exact) mass is 490 g/mol. The summed E-state index contributed by atoms with van der Waals surface area (Å²) in [4.78, 5) is 36.8. The number of hydrogen-bond acceptors (Lipinski definition) is 5. The lowest BCUT2D eigenvalue weighted by Crippen LogP contribution is -2.14. The third-order valence-electron chi connectivity index (χ3n) is 3.91. The Bertz CT molecular complexity index is 1100. The summed E-state index contributed by atoms with van der Waals surface area (Å²) in [7, 11) is 1.58. The second kappa shape index (κ2) is 8.58. The van der Waals surface area contributed by atoms with Crippen LogP contribution in [0.25, 0.3) is 16.2 Å². The van der Waals surface area contributed by atoms with Crippen LogP contribution in [0.5, 0.6) is 5.75 Å². The quantitative estimate of drug-likeness (QED) is 0.217. The van der Waals surface area contributed by atoms with E-state index in [4.69, 9.17) is 4.74 Å². The summed E-state index contributed by atoms with van der Waals surface area (Å²) in [5, 5.41) is 0.830. The fourth-order valence-electron chi connectivity index (χ4n) is 2.51. The van der Waals surface area contributed by atoms with E-state index in [1.165, 1.54) is 6.08 Å². The van der Waals surface area contributed by atoms with Gasteiger partial charge in [-0.2, -0.15) is 0 Å². The molecule has 0 bridgehead atoms. The Morgan fingerprint density at radius 2 is 1.85 bits per heavy atom. The number of halogens is 1. The maximum Gasteiger partial charge on any atom is 0.243 e. The minimum atomic E-state index is -0.457. The van der Waals surface area contributed by atoms with Crippen LogP contribution < -0.4 is 9.48 Å². The number of carbonyl (C=O) groups is 2. The molecule has 0 aliphatic heterocycles. The normalized spacial score (nSPS) is 11.0. The van der Waals surface area contributed by atoms with Crippen molar-refractivity contribution in [2.45, 2.75) is 6.42 Å². The molecule has 0 saturated carbocycles. The van der Waals surface area contributed by atoms with Gasteiger partial charge in [0.15, 0.2) is 11.6 Å². The molecule has 1 heterocycles. The van der Waals surface area contributed by atoms with Crippen molar-refractivity contribution in [3.05, 3.63) is 78.8 Å². The maximum atomic E-state index is 12.4. The van der Waals surface area contributed by atoms with Gasteiger partial charge in [0.05, 0.1) is 19.1 Å². The van der Waals surface area contributed by atoms with E-state index in [0.29, 0.717) is 0 Å². The highest BCUT2D eigenvalue weighted by Crippen LogP contribution is 2.21. The van der Waals surface area contributed by atoms with Gasteiger partial charge in [0.1, 0.15) is 5.75 Å². The molecule has 0 atom stereocenters. The molecule has 0 spiro atoms. The molecule has 0 aliphatic carbocycles. The molecule has 3 rings (SSSR count). The first-order valence-electron chi connectivity index (χ1n) is 8.08. The summed E-state index contributed by atoms with van der Waals surface area (Å²) >= 11 is 3.20. The number of rotatable bonds is 6. The summed E-state index contributed by atoms with van der Waals surface area (Å²) in [5.74, 6) is -0.0757. The third kappa shape index (κ3) is 4.90. The van der Waals surface area contributed by atoms with Gasteiger partial charge in [-0.25, -0.2) is 0 Å². The molecular weight excluding hydrogens is 475 g/mol. The molecule has 0 radical (unpaired) electrons. The second-order valence-corrected chi connectivity index (χ2v) is 8.06. The fraction of sp³-hybridized carbons (Fsp3) is 0.0952. The van der Waals surface area contributed by atoms with Crippen LogP contribution >= 0.6 is 33.9 Å². The van der Waals surface area contributed by atoms with Crippen LogP contribution in [-0.2, 0) is 4.79 Å². The first-order valence-corrected chi connectivity index (χ1v) is 9.97. The molecule has 2 aromatic carbocycles. The molecule has 0 fully saturated rings. The molecule has 3 aromatic rings. The Morgan fingerprint density at radius 1 is 1.11 bits per heavy atom. The number of fused-ring (bicyclic) bond motifs is 1. The zero-order chi connectivity index (χ0) is 19.4. The fourth-order valence-corrected chi connectivity index (χ4v) is 3.87. The molecule has 4 nitrogen and oxygen atoms in total. The van der Waals surface area contributed by atoms with Crippen LogP contribution in [0, 0.1) is 3.57 Å².